The van der Waals surface area contributed by atoms with Crippen LogP contribution in [0.5, 0.6) is 0 Å². The highest BCUT2D eigenvalue weighted by Crippen LogP contribution is 2.32. The monoisotopic (exact) mass is 261 g/mol. The number of aromatic nitrogens is 4. The van der Waals surface area contributed by atoms with Gasteiger partial charge in [0, 0.05) is 13.2 Å². The van der Waals surface area contributed by atoms with E-state index in [4.69, 9.17) is 0 Å². The molecule has 2 aromatic rings. The van der Waals surface area contributed by atoms with Crippen molar-refractivity contribution in [2.75, 3.05) is 13.1 Å². The number of carbonyl (C=O) groups is 1. The third-order valence-electron chi connectivity index (χ3n) is 3.55. The number of nitrogens with one attached hydrogen (secondary N) is 1. The molecule has 3 heterocycles. The zero-order chi connectivity index (χ0) is 13.6. The molecule has 1 amide bonds. The molecule has 2 N–H and O–H groups in total. The third-order valence-corrected chi connectivity index (χ3v) is 3.55. The quantitative estimate of drug-likeness (QED) is 0.783. The molecule has 7 heteroatoms. The fourth-order valence-corrected chi connectivity index (χ4v) is 2.44. The van der Waals surface area contributed by atoms with Crippen molar-refractivity contribution in [3.63, 3.8) is 0 Å². The second kappa shape index (κ2) is 3.92. The van der Waals surface area contributed by atoms with Crippen LogP contribution in [-0.4, -0.2) is 49.0 Å². The normalized spacial score (nSPS) is 17.3. The molecular formula is C12H15N5O2. The van der Waals surface area contributed by atoms with Crippen molar-refractivity contribution in [1.29, 1.82) is 0 Å². The fraction of sp³-hybridized carbons (Fsp3) is 0.417. The van der Waals surface area contributed by atoms with E-state index in [2.05, 4.69) is 15.3 Å². The molecule has 0 spiro atoms. The third kappa shape index (κ3) is 1.74. The molecule has 100 valence electrons. The molecule has 0 radical (unpaired) electrons. The fourth-order valence-electron chi connectivity index (χ4n) is 2.44. The molecule has 0 saturated carbocycles. The first-order valence-electron chi connectivity index (χ1n) is 6.02. The molecule has 19 heavy (non-hydrogen) atoms. The lowest BCUT2D eigenvalue weighted by Gasteiger charge is -2.45. The maximum Gasteiger partial charge on any atom is 0.270 e. The highest BCUT2D eigenvalue weighted by molar-refractivity contribution is 5.94. The van der Waals surface area contributed by atoms with Gasteiger partial charge in [-0.3, -0.25) is 4.79 Å². The van der Waals surface area contributed by atoms with E-state index in [1.807, 2.05) is 13.0 Å². The number of H-pyrrole nitrogens is 1. The molecule has 0 bridgehead atoms. The van der Waals surface area contributed by atoms with Crippen LogP contribution in [0.15, 0.2) is 18.5 Å². The van der Waals surface area contributed by atoms with Gasteiger partial charge in [-0.25, -0.2) is 4.68 Å². The number of β-amino-alcohol motifs (C(OH)–C–C–N with tert-alkyl or cyclic N) is 1. The summed E-state index contributed by atoms with van der Waals surface area (Å²) in [5.74, 6) is -0.0951. The standard InChI is InChI=1S/C12H15N5O2/c1-8-3-4-13-10(8)11(18)17-6-12(19,7-17)9-5-14-15-16(9)2/h3-5,13,19H,6-7H2,1-2H3. The zero-order valence-electron chi connectivity index (χ0n) is 10.8. The van der Waals surface area contributed by atoms with Crippen molar-refractivity contribution in [3.8, 4) is 0 Å². The van der Waals surface area contributed by atoms with Gasteiger partial charge in [-0.05, 0) is 18.6 Å². The summed E-state index contributed by atoms with van der Waals surface area (Å²) in [5.41, 5.74) is 1.06. The SMILES string of the molecule is Cc1cc[nH]c1C(=O)N1CC(O)(c2cnnn2C)C1. The number of nitrogens with zero attached hydrogens (tertiary/aromatic N) is 4. The molecule has 1 saturated heterocycles. The maximum absolute atomic E-state index is 12.2. The van der Waals surface area contributed by atoms with Crippen LogP contribution in [0.25, 0.3) is 0 Å². The molecule has 1 aliphatic heterocycles. The number of aliphatic hydroxyl groups is 1. The van der Waals surface area contributed by atoms with Crippen molar-refractivity contribution in [2.24, 2.45) is 7.05 Å². The van der Waals surface area contributed by atoms with E-state index in [1.165, 1.54) is 10.9 Å². The van der Waals surface area contributed by atoms with Gasteiger partial charge in [0.05, 0.1) is 25.0 Å². The summed E-state index contributed by atoms with van der Waals surface area (Å²) in [5, 5.41) is 18.0. The first-order valence-corrected chi connectivity index (χ1v) is 6.02. The summed E-state index contributed by atoms with van der Waals surface area (Å²) in [7, 11) is 1.72. The molecule has 0 aromatic carbocycles. The van der Waals surface area contributed by atoms with Crippen LogP contribution in [0.2, 0.25) is 0 Å². The van der Waals surface area contributed by atoms with Crippen LogP contribution in [0.1, 0.15) is 21.7 Å². The molecule has 1 fully saturated rings. The van der Waals surface area contributed by atoms with E-state index in [9.17, 15) is 9.90 Å². The number of carbonyl (C=O) groups excluding carboxylic acids is 1. The Kier molecular flexibility index (Phi) is 2.46. The van der Waals surface area contributed by atoms with E-state index in [1.54, 1.807) is 18.1 Å². The Labute approximate surface area is 109 Å². The lowest BCUT2D eigenvalue weighted by atomic mass is 9.90. The Bertz CT molecular complexity index is 624. The number of aromatic amines is 1. The summed E-state index contributed by atoms with van der Waals surface area (Å²) in [6.45, 7) is 2.39. The Morgan fingerprint density at radius 1 is 1.53 bits per heavy atom. The van der Waals surface area contributed by atoms with Gasteiger partial charge in [0.15, 0.2) is 0 Å². The van der Waals surface area contributed by atoms with Gasteiger partial charge in [0.25, 0.3) is 5.91 Å². The van der Waals surface area contributed by atoms with Crippen LogP contribution in [0, 0.1) is 6.92 Å². The van der Waals surface area contributed by atoms with Crippen LogP contribution >= 0.6 is 0 Å². The predicted molar refractivity (Wildman–Crippen MR) is 66.3 cm³/mol. The maximum atomic E-state index is 12.2. The van der Waals surface area contributed by atoms with E-state index >= 15 is 0 Å². The first-order chi connectivity index (χ1) is 9.01. The Morgan fingerprint density at radius 2 is 2.26 bits per heavy atom. The van der Waals surface area contributed by atoms with E-state index < -0.39 is 5.60 Å². The summed E-state index contributed by atoms with van der Waals surface area (Å²) in [6.07, 6.45) is 3.27. The van der Waals surface area contributed by atoms with Gasteiger partial charge in [0.1, 0.15) is 11.3 Å². The smallest absolute Gasteiger partial charge is 0.270 e. The molecule has 2 aromatic heterocycles. The zero-order valence-corrected chi connectivity index (χ0v) is 10.8. The molecular weight excluding hydrogens is 246 g/mol. The topological polar surface area (TPSA) is 87.0 Å². The second-order valence-electron chi connectivity index (χ2n) is 4.97. The highest BCUT2D eigenvalue weighted by atomic mass is 16.3. The Balaban J connectivity index is 1.75. The number of likely N-dealkylation sites (tertiary alicyclic amines) is 1. The van der Waals surface area contributed by atoms with Crippen molar-refractivity contribution < 1.29 is 9.90 Å². The van der Waals surface area contributed by atoms with Gasteiger partial charge in [-0.15, -0.1) is 5.10 Å². The van der Waals surface area contributed by atoms with Crippen LogP contribution < -0.4 is 0 Å². The number of hydrogen-bond acceptors (Lipinski definition) is 4. The van der Waals surface area contributed by atoms with E-state index in [-0.39, 0.29) is 19.0 Å². The molecule has 0 aliphatic carbocycles. The molecule has 7 nitrogen and oxygen atoms in total. The van der Waals surface area contributed by atoms with Crippen molar-refractivity contribution in [3.05, 3.63) is 35.4 Å². The van der Waals surface area contributed by atoms with Crippen LogP contribution in [0.3, 0.4) is 0 Å². The van der Waals surface area contributed by atoms with Gasteiger partial charge in [-0.2, -0.15) is 0 Å². The minimum atomic E-state index is -1.05. The second-order valence-corrected chi connectivity index (χ2v) is 4.97. The summed E-state index contributed by atoms with van der Waals surface area (Å²) in [4.78, 5) is 16.7. The van der Waals surface area contributed by atoms with Gasteiger partial charge >= 0.3 is 0 Å². The predicted octanol–water partition coefficient (Wildman–Crippen LogP) is -0.205. The van der Waals surface area contributed by atoms with Crippen molar-refractivity contribution >= 4 is 5.91 Å². The van der Waals surface area contributed by atoms with Crippen molar-refractivity contribution in [2.45, 2.75) is 12.5 Å². The number of aryl methyl sites for hydroxylation is 2. The average Bonchev–Trinajstić information content (AvgIpc) is 2.93. The Hall–Kier alpha value is -2.15. The minimum absolute atomic E-state index is 0.0951. The number of amides is 1. The highest BCUT2D eigenvalue weighted by Gasteiger charge is 2.47. The first kappa shape index (κ1) is 11.9. The molecule has 0 unspecified atom stereocenters. The van der Waals surface area contributed by atoms with Gasteiger partial charge < -0.3 is 15.0 Å². The van der Waals surface area contributed by atoms with Crippen molar-refractivity contribution in [1.82, 2.24) is 24.9 Å². The number of rotatable bonds is 2. The molecule has 0 atom stereocenters. The van der Waals surface area contributed by atoms with E-state index in [0.29, 0.717) is 11.4 Å². The van der Waals surface area contributed by atoms with Crippen LogP contribution in [-0.2, 0) is 12.6 Å². The average molecular weight is 261 g/mol. The number of hydrogen-bond donors (Lipinski definition) is 2. The molecule has 3 rings (SSSR count). The largest absolute Gasteiger partial charge is 0.380 e. The van der Waals surface area contributed by atoms with Gasteiger partial charge in [-0.1, -0.05) is 5.21 Å². The lowest BCUT2D eigenvalue weighted by molar-refractivity contribution is -0.0915. The summed E-state index contributed by atoms with van der Waals surface area (Å²) in [6, 6.07) is 1.85. The van der Waals surface area contributed by atoms with Gasteiger partial charge in [0.2, 0.25) is 0 Å². The Morgan fingerprint density at radius 3 is 2.79 bits per heavy atom. The molecule has 1 aliphatic rings. The minimum Gasteiger partial charge on any atom is -0.380 e. The lowest BCUT2D eigenvalue weighted by Crippen LogP contribution is -2.62. The van der Waals surface area contributed by atoms with E-state index in [0.717, 1.165) is 5.56 Å². The summed E-state index contributed by atoms with van der Waals surface area (Å²) < 4.78 is 1.53. The summed E-state index contributed by atoms with van der Waals surface area (Å²) >= 11 is 0. The van der Waals surface area contributed by atoms with Crippen LogP contribution in [0.4, 0.5) is 0 Å².